The summed E-state index contributed by atoms with van der Waals surface area (Å²) < 4.78 is 32.9. The first kappa shape index (κ1) is 27.5. The molecule has 1 N–H and O–H groups in total. The van der Waals surface area contributed by atoms with E-state index in [1.807, 2.05) is 0 Å². The van der Waals surface area contributed by atoms with Crippen molar-refractivity contribution < 1.29 is 27.7 Å². The smallest absolute Gasteiger partial charge is 0.339 e. The normalized spacial score (nSPS) is 14.6. The Morgan fingerprint density at radius 1 is 0.974 bits per heavy atom. The van der Waals surface area contributed by atoms with Gasteiger partial charge in [-0.15, -0.1) is 0 Å². The van der Waals surface area contributed by atoms with Gasteiger partial charge in [0.1, 0.15) is 4.90 Å². The average Bonchev–Trinajstić information content (AvgIpc) is 3.45. The molecule has 3 aromatic carbocycles. The second kappa shape index (κ2) is 11.5. The lowest BCUT2D eigenvalue weighted by molar-refractivity contribution is -0.384. The van der Waals surface area contributed by atoms with Crippen molar-refractivity contribution in [2.45, 2.75) is 23.8 Å². The predicted molar refractivity (Wildman–Crippen MR) is 141 cm³/mol. The highest BCUT2D eigenvalue weighted by atomic mass is 35.5. The van der Waals surface area contributed by atoms with E-state index in [1.165, 1.54) is 28.6 Å². The number of ether oxygens (including phenoxy) is 1. The number of halogens is 2. The maximum Gasteiger partial charge on any atom is 0.339 e. The third kappa shape index (κ3) is 5.97. The van der Waals surface area contributed by atoms with E-state index in [1.54, 1.807) is 30.3 Å². The lowest BCUT2D eigenvalue weighted by atomic mass is 10.1. The minimum Gasteiger partial charge on any atom is -0.444 e. The van der Waals surface area contributed by atoms with Gasteiger partial charge in [0.2, 0.25) is 16.1 Å². The summed E-state index contributed by atoms with van der Waals surface area (Å²) in [5, 5.41) is 13.4. The zero-order chi connectivity index (χ0) is 27.4. The van der Waals surface area contributed by atoms with Crippen molar-refractivity contribution in [3.8, 4) is 0 Å². The first-order valence-electron chi connectivity index (χ1n) is 11.4. The SMILES string of the molecule is O=C(O[C@H](C(=O)Nc1ccc([N+](=O)[O-])cc1Cl)c1ccccc1)c1ccc(Cl)c(S(=O)(=O)N2CCCC2)c1. The first-order valence-corrected chi connectivity index (χ1v) is 13.6. The number of carbonyl (C=O) groups excluding carboxylic acids is 2. The molecule has 1 heterocycles. The van der Waals surface area contributed by atoms with Crippen molar-refractivity contribution in [2.24, 2.45) is 0 Å². The molecule has 0 aliphatic carbocycles. The number of nitro groups is 1. The molecule has 13 heteroatoms. The van der Waals surface area contributed by atoms with Gasteiger partial charge in [-0.25, -0.2) is 13.2 Å². The van der Waals surface area contributed by atoms with E-state index in [0.29, 0.717) is 18.7 Å². The van der Waals surface area contributed by atoms with Crippen molar-refractivity contribution in [3.05, 3.63) is 98.0 Å². The van der Waals surface area contributed by atoms with Gasteiger partial charge < -0.3 is 10.1 Å². The number of sulfonamides is 1. The lowest BCUT2D eigenvalue weighted by Crippen LogP contribution is -2.28. The minimum absolute atomic E-state index is 0.0429. The molecule has 0 spiro atoms. The summed E-state index contributed by atoms with van der Waals surface area (Å²) in [5.74, 6) is -1.74. The average molecular weight is 578 g/mol. The maximum atomic E-state index is 13.2. The van der Waals surface area contributed by atoms with Gasteiger partial charge in [-0.05, 0) is 37.1 Å². The lowest BCUT2D eigenvalue weighted by Gasteiger charge is -2.20. The Labute approximate surface area is 228 Å². The molecule has 1 fully saturated rings. The van der Waals surface area contributed by atoms with Crippen LogP contribution in [0, 0.1) is 10.1 Å². The number of non-ortho nitro benzene ring substituents is 1. The van der Waals surface area contributed by atoms with E-state index in [0.717, 1.165) is 25.0 Å². The number of anilines is 1. The van der Waals surface area contributed by atoms with E-state index in [2.05, 4.69) is 5.32 Å². The quantitative estimate of drug-likeness (QED) is 0.220. The summed E-state index contributed by atoms with van der Waals surface area (Å²) in [5.41, 5.74) is 0.0238. The zero-order valence-corrected chi connectivity index (χ0v) is 22.0. The second-order valence-electron chi connectivity index (χ2n) is 8.36. The number of hydrogen-bond donors (Lipinski definition) is 1. The number of esters is 1. The summed E-state index contributed by atoms with van der Waals surface area (Å²) in [6.45, 7) is 0.712. The van der Waals surface area contributed by atoms with Crippen molar-refractivity contribution in [3.63, 3.8) is 0 Å². The standard InChI is InChI=1S/C25H21Cl2N3O7S/c26-19-10-8-17(14-22(19)38(35,36)29-12-4-5-13-29)25(32)37-23(16-6-2-1-3-7-16)24(31)28-21-11-9-18(30(33)34)15-20(21)27/h1-3,6-11,14-15,23H,4-5,12-13H2,(H,28,31)/t23-/m0/s1. The largest absolute Gasteiger partial charge is 0.444 e. The van der Waals surface area contributed by atoms with Crippen LogP contribution >= 0.6 is 23.2 Å². The third-order valence-electron chi connectivity index (χ3n) is 5.84. The Morgan fingerprint density at radius 2 is 1.66 bits per heavy atom. The molecule has 1 atom stereocenters. The van der Waals surface area contributed by atoms with Gasteiger partial charge in [0, 0.05) is 30.8 Å². The van der Waals surface area contributed by atoms with Gasteiger partial charge in [-0.3, -0.25) is 14.9 Å². The fourth-order valence-electron chi connectivity index (χ4n) is 3.89. The predicted octanol–water partition coefficient (Wildman–Crippen LogP) is 5.22. The Hall–Kier alpha value is -3.51. The fourth-order valence-corrected chi connectivity index (χ4v) is 6.13. The van der Waals surface area contributed by atoms with Crippen LogP contribution in [0.3, 0.4) is 0 Å². The summed E-state index contributed by atoms with van der Waals surface area (Å²) in [7, 11) is -3.93. The van der Waals surface area contributed by atoms with Crippen LogP contribution in [-0.2, 0) is 19.6 Å². The summed E-state index contributed by atoms with van der Waals surface area (Å²) >= 11 is 12.3. The molecule has 1 aliphatic rings. The zero-order valence-electron chi connectivity index (χ0n) is 19.7. The van der Waals surface area contributed by atoms with Crippen LogP contribution in [0.2, 0.25) is 10.0 Å². The van der Waals surface area contributed by atoms with Crippen LogP contribution in [0.4, 0.5) is 11.4 Å². The van der Waals surface area contributed by atoms with Crippen LogP contribution in [0.25, 0.3) is 0 Å². The van der Waals surface area contributed by atoms with Crippen molar-refractivity contribution >= 4 is 56.5 Å². The van der Waals surface area contributed by atoms with Crippen molar-refractivity contribution in [1.82, 2.24) is 4.31 Å². The first-order chi connectivity index (χ1) is 18.1. The van der Waals surface area contributed by atoms with Gasteiger partial charge in [-0.2, -0.15) is 4.31 Å². The molecule has 0 radical (unpaired) electrons. The van der Waals surface area contributed by atoms with Crippen LogP contribution in [-0.4, -0.2) is 42.6 Å². The number of benzene rings is 3. The molecule has 0 aromatic heterocycles. The minimum atomic E-state index is -3.93. The molecule has 0 bridgehead atoms. The molecule has 4 rings (SSSR count). The molecule has 1 amide bonds. The molecule has 0 saturated carbocycles. The highest BCUT2D eigenvalue weighted by Crippen LogP contribution is 2.31. The molecule has 10 nitrogen and oxygen atoms in total. The highest BCUT2D eigenvalue weighted by Gasteiger charge is 2.31. The number of nitrogens with zero attached hydrogens (tertiary/aromatic N) is 2. The van der Waals surface area contributed by atoms with Gasteiger partial charge in [0.05, 0.1) is 26.2 Å². The summed E-state index contributed by atoms with van der Waals surface area (Å²) in [6.07, 6.45) is 0.000439. The van der Waals surface area contributed by atoms with Crippen LogP contribution in [0.1, 0.15) is 34.9 Å². The molecule has 38 heavy (non-hydrogen) atoms. The van der Waals surface area contributed by atoms with E-state index >= 15 is 0 Å². The van der Waals surface area contributed by atoms with Crippen LogP contribution in [0.15, 0.2) is 71.6 Å². The number of nitrogens with one attached hydrogen (secondary N) is 1. The van der Waals surface area contributed by atoms with Crippen molar-refractivity contribution in [2.75, 3.05) is 18.4 Å². The number of hydrogen-bond acceptors (Lipinski definition) is 7. The number of rotatable bonds is 8. The third-order valence-corrected chi connectivity index (χ3v) is 8.53. The molecule has 3 aromatic rings. The summed E-state index contributed by atoms with van der Waals surface area (Å²) in [6, 6.07) is 15.4. The van der Waals surface area contributed by atoms with E-state index in [9.17, 15) is 28.1 Å². The molecule has 198 valence electrons. The molecule has 1 aliphatic heterocycles. The molecule has 1 saturated heterocycles. The molecule has 0 unspecified atom stereocenters. The Kier molecular flexibility index (Phi) is 8.32. The Balaban J connectivity index is 1.61. The van der Waals surface area contributed by atoms with E-state index in [4.69, 9.17) is 27.9 Å². The highest BCUT2D eigenvalue weighted by molar-refractivity contribution is 7.89. The monoisotopic (exact) mass is 577 g/mol. The Morgan fingerprint density at radius 3 is 2.29 bits per heavy atom. The molecular weight excluding hydrogens is 557 g/mol. The topological polar surface area (TPSA) is 136 Å². The van der Waals surface area contributed by atoms with Gasteiger partial charge in [-0.1, -0.05) is 53.5 Å². The van der Waals surface area contributed by atoms with E-state index in [-0.39, 0.29) is 31.9 Å². The van der Waals surface area contributed by atoms with Crippen LogP contribution in [0.5, 0.6) is 0 Å². The summed E-state index contributed by atoms with van der Waals surface area (Å²) in [4.78, 5) is 36.4. The van der Waals surface area contributed by atoms with Gasteiger partial charge in [0.25, 0.3) is 11.6 Å². The second-order valence-corrected chi connectivity index (χ2v) is 11.1. The Bertz CT molecular complexity index is 1490. The van der Waals surface area contributed by atoms with Crippen molar-refractivity contribution in [1.29, 1.82) is 0 Å². The number of carbonyl (C=O) groups is 2. The fraction of sp³-hybridized carbons (Fsp3) is 0.200. The van der Waals surface area contributed by atoms with Gasteiger partial charge >= 0.3 is 5.97 Å². The van der Waals surface area contributed by atoms with Crippen LogP contribution < -0.4 is 5.32 Å². The van der Waals surface area contributed by atoms with E-state index < -0.39 is 32.9 Å². The number of nitro benzene ring substituents is 1. The number of amides is 1. The molecular formula is C25H21Cl2N3O7S. The van der Waals surface area contributed by atoms with Gasteiger partial charge in [0.15, 0.2) is 0 Å². The maximum absolute atomic E-state index is 13.2.